The molecular formula is C22H22FN3O. The first kappa shape index (κ1) is 18.6. The predicted octanol–water partition coefficient (Wildman–Crippen LogP) is 5.01. The van der Waals surface area contributed by atoms with E-state index in [-0.39, 0.29) is 11.7 Å². The molecule has 0 fully saturated rings. The third-order valence-corrected chi connectivity index (χ3v) is 4.35. The van der Waals surface area contributed by atoms with E-state index in [4.69, 9.17) is 0 Å². The highest BCUT2D eigenvalue weighted by Gasteiger charge is 2.11. The fraction of sp³-hybridized carbons (Fsp3) is 0.182. The zero-order valence-electron chi connectivity index (χ0n) is 15.6. The summed E-state index contributed by atoms with van der Waals surface area (Å²) >= 11 is 0. The molecule has 0 aliphatic heterocycles. The van der Waals surface area contributed by atoms with Gasteiger partial charge in [-0.25, -0.2) is 9.37 Å². The molecule has 3 aromatic rings. The van der Waals surface area contributed by atoms with Crippen LogP contribution in [0.1, 0.15) is 32.7 Å². The van der Waals surface area contributed by atoms with Crippen molar-refractivity contribution in [2.75, 3.05) is 10.6 Å². The monoisotopic (exact) mass is 363 g/mol. The Kier molecular flexibility index (Phi) is 5.50. The number of pyridine rings is 1. The number of halogens is 1. The fourth-order valence-electron chi connectivity index (χ4n) is 3.03. The summed E-state index contributed by atoms with van der Waals surface area (Å²) in [6, 6.07) is 14.1. The molecule has 4 nitrogen and oxygen atoms in total. The Hall–Kier alpha value is -3.21. The minimum Gasteiger partial charge on any atom is -0.380 e. The maximum Gasteiger partial charge on any atom is 0.274 e. The van der Waals surface area contributed by atoms with Crippen molar-refractivity contribution in [3.8, 4) is 0 Å². The first-order valence-corrected chi connectivity index (χ1v) is 8.76. The molecule has 3 rings (SSSR count). The lowest BCUT2D eigenvalue weighted by Gasteiger charge is -2.13. The minimum absolute atomic E-state index is 0.252. The lowest BCUT2D eigenvalue weighted by Crippen LogP contribution is -2.15. The summed E-state index contributed by atoms with van der Waals surface area (Å²) in [5.74, 6) is -0.511. The number of aryl methyl sites for hydroxylation is 3. The summed E-state index contributed by atoms with van der Waals surface area (Å²) in [6.45, 7) is 6.32. The molecule has 138 valence electrons. The second kappa shape index (κ2) is 7.99. The van der Waals surface area contributed by atoms with E-state index >= 15 is 0 Å². The number of nitrogens with zero attached hydrogens (tertiary/aromatic N) is 1. The van der Waals surface area contributed by atoms with E-state index in [2.05, 4.69) is 15.6 Å². The molecule has 2 aromatic carbocycles. The van der Waals surface area contributed by atoms with Gasteiger partial charge in [0, 0.05) is 17.8 Å². The molecule has 27 heavy (non-hydrogen) atoms. The molecule has 0 aliphatic rings. The Balaban J connectivity index is 1.66. The second-order valence-corrected chi connectivity index (χ2v) is 6.60. The van der Waals surface area contributed by atoms with Crippen molar-refractivity contribution in [1.29, 1.82) is 0 Å². The van der Waals surface area contributed by atoms with Gasteiger partial charge in [0.1, 0.15) is 11.5 Å². The lowest BCUT2D eigenvalue weighted by atomic mass is 10.0. The number of nitrogens with one attached hydrogen (secondary N) is 2. The standard InChI is InChI=1S/C22H22FN3O/c1-14-10-15(2)21(16(3)11-14)26-22(27)20-9-8-18(13-25-20)24-12-17-6-4-5-7-19(17)23/h4-11,13,24H,12H2,1-3H3,(H,26,27). The van der Waals surface area contributed by atoms with Crippen LogP contribution in [0.2, 0.25) is 0 Å². The smallest absolute Gasteiger partial charge is 0.274 e. The van der Waals surface area contributed by atoms with Crippen LogP contribution in [0.3, 0.4) is 0 Å². The van der Waals surface area contributed by atoms with Gasteiger partial charge in [-0.3, -0.25) is 4.79 Å². The van der Waals surface area contributed by atoms with Crippen LogP contribution in [-0.2, 0) is 6.54 Å². The van der Waals surface area contributed by atoms with Gasteiger partial charge in [-0.2, -0.15) is 0 Å². The van der Waals surface area contributed by atoms with Gasteiger partial charge in [0.15, 0.2) is 0 Å². The van der Waals surface area contributed by atoms with Gasteiger partial charge in [-0.15, -0.1) is 0 Å². The number of hydrogen-bond acceptors (Lipinski definition) is 3. The fourth-order valence-corrected chi connectivity index (χ4v) is 3.03. The number of carbonyl (C=O) groups excluding carboxylic acids is 1. The number of aromatic nitrogens is 1. The van der Waals surface area contributed by atoms with Gasteiger partial charge in [0.25, 0.3) is 5.91 Å². The van der Waals surface area contributed by atoms with Crippen LogP contribution in [0, 0.1) is 26.6 Å². The highest BCUT2D eigenvalue weighted by atomic mass is 19.1. The van der Waals surface area contributed by atoms with Crippen LogP contribution in [0.15, 0.2) is 54.7 Å². The summed E-state index contributed by atoms with van der Waals surface area (Å²) < 4.78 is 13.7. The van der Waals surface area contributed by atoms with Crippen molar-refractivity contribution in [2.24, 2.45) is 0 Å². The summed E-state index contributed by atoms with van der Waals surface area (Å²) in [5, 5.41) is 6.04. The third kappa shape index (κ3) is 4.50. The van der Waals surface area contributed by atoms with Crippen molar-refractivity contribution in [2.45, 2.75) is 27.3 Å². The molecule has 0 saturated heterocycles. The first-order chi connectivity index (χ1) is 12.9. The SMILES string of the molecule is Cc1cc(C)c(NC(=O)c2ccc(NCc3ccccc3F)cn2)c(C)c1. The normalized spacial score (nSPS) is 10.5. The van der Waals surface area contributed by atoms with Crippen LogP contribution >= 0.6 is 0 Å². The van der Waals surface area contributed by atoms with Gasteiger partial charge in [-0.1, -0.05) is 35.9 Å². The van der Waals surface area contributed by atoms with Gasteiger partial charge < -0.3 is 10.6 Å². The Morgan fingerprint density at radius 3 is 2.37 bits per heavy atom. The molecule has 2 N–H and O–H groups in total. The molecule has 0 unspecified atom stereocenters. The predicted molar refractivity (Wildman–Crippen MR) is 107 cm³/mol. The highest BCUT2D eigenvalue weighted by molar-refractivity contribution is 6.03. The topological polar surface area (TPSA) is 54.0 Å². The van der Waals surface area contributed by atoms with Gasteiger partial charge in [0.2, 0.25) is 0 Å². The molecule has 0 atom stereocenters. The van der Waals surface area contributed by atoms with E-state index in [9.17, 15) is 9.18 Å². The van der Waals surface area contributed by atoms with Crippen molar-refractivity contribution in [3.05, 3.63) is 88.5 Å². The number of amides is 1. The third-order valence-electron chi connectivity index (χ3n) is 4.35. The molecule has 1 aromatic heterocycles. The van der Waals surface area contributed by atoms with Crippen molar-refractivity contribution < 1.29 is 9.18 Å². The van der Waals surface area contributed by atoms with Gasteiger partial charge in [0.05, 0.1) is 11.9 Å². The quantitative estimate of drug-likeness (QED) is 0.670. The molecule has 1 heterocycles. The van der Waals surface area contributed by atoms with E-state index in [1.165, 1.54) is 6.07 Å². The zero-order valence-corrected chi connectivity index (χ0v) is 15.6. The summed E-state index contributed by atoms with van der Waals surface area (Å²) in [5.41, 5.74) is 5.63. The summed E-state index contributed by atoms with van der Waals surface area (Å²) in [4.78, 5) is 16.7. The van der Waals surface area contributed by atoms with E-state index in [1.807, 2.05) is 32.9 Å². The maximum atomic E-state index is 13.7. The van der Waals surface area contributed by atoms with Crippen LogP contribution in [0.25, 0.3) is 0 Å². The molecule has 0 spiro atoms. The summed E-state index contributed by atoms with van der Waals surface area (Å²) in [6.07, 6.45) is 1.57. The van der Waals surface area contributed by atoms with Crippen LogP contribution in [0.5, 0.6) is 0 Å². The molecule has 5 heteroatoms. The number of hydrogen-bond donors (Lipinski definition) is 2. The molecule has 1 amide bonds. The van der Waals surface area contributed by atoms with Gasteiger partial charge in [-0.05, 0) is 50.1 Å². The largest absolute Gasteiger partial charge is 0.380 e. The molecule has 0 radical (unpaired) electrons. The summed E-state index contributed by atoms with van der Waals surface area (Å²) in [7, 11) is 0. The van der Waals surface area contributed by atoms with Crippen LogP contribution in [0.4, 0.5) is 15.8 Å². The first-order valence-electron chi connectivity index (χ1n) is 8.76. The van der Waals surface area contributed by atoms with Crippen LogP contribution < -0.4 is 10.6 Å². The van der Waals surface area contributed by atoms with Crippen molar-refractivity contribution in [1.82, 2.24) is 4.98 Å². The molecule has 0 saturated carbocycles. The van der Waals surface area contributed by atoms with Crippen molar-refractivity contribution >= 4 is 17.3 Å². The molecule has 0 aliphatic carbocycles. The Labute approximate surface area is 158 Å². The Bertz CT molecular complexity index is 945. The van der Waals surface area contributed by atoms with E-state index in [0.29, 0.717) is 17.8 Å². The lowest BCUT2D eigenvalue weighted by molar-refractivity contribution is 0.102. The van der Waals surface area contributed by atoms with E-state index < -0.39 is 0 Å². The van der Waals surface area contributed by atoms with E-state index in [1.54, 1.807) is 36.5 Å². The molecule has 0 bridgehead atoms. The average molecular weight is 363 g/mol. The number of carbonyl (C=O) groups is 1. The zero-order chi connectivity index (χ0) is 19.4. The Morgan fingerprint density at radius 2 is 1.74 bits per heavy atom. The second-order valence-electron chi connectivity index (χ2n) is 6.60. The average Bonchev–Trinajstić information content (AvgIpc) is 2.64. The molecular weight excluding hydrogens is 341 g/mol. The van der Waals surface area contributed by atoms with Gasteiger partial charge >= 0.3 is 0 Å². The highest BCUT2D eigenvalue weighted by Crippen LogP contribution is 2.22. The minimum atomic E-state index is -0.259. The Morgan fingerprint density at radius 1 is 1.04 bits per heavy atom. The van der Waals surface area contributed by atoms with Crippen LogP contribution in [-0.4, -0.2) is 10.9 Å². The number of rotatable bonds is 5. The number of anilines is 2. The van der Waals surface area contributed by atoms with Crippen molar-refractivity contribution in [3.63, 3.8) is 0 Å². The number of benzene rings is 2. The maximum absolute atomic E-state index is 13.7. The van der Waals surface area contributed by atoms with E-state index in [0.717, 1.165) is 28.1 Å².